The van der Waals surface area contributed by atoms with E-state index in [0.717, 1.165) is 41.2 Å². The van der Waals surface area contributed by atoms with Crippen LogP contribution in [-0.4, -0.2) is 28.6 Å². The van der Waals surface area contributed by atoms with Crippen LogP contribution in [0.3, 0.4) is 0 Å². The van der Waals surface area contributed by atoms with E-state index in [0.29, 0.717) is 6.07 Å². The third kappa shape index (κ3) is 5.27. The molecule has 3 aromatic carbocycles. The van der Waals surface area contributed by atoms with E-state index in [9.17, 15) is 30.4 Å². The van der Waals surface area contributed by atoms with Gasteiger partial charge in [-0.3, -0.25) is 4.72 Å². The maximum Gasteiger partial charge on any atom is 0.416 e. The quantitative estimate of drug-likeness (QED) is 0.300. The van der Waals surface area contributed by atoms with Crippen LogP contribution in [0.1, 0.15) is 11.1 Å². The van der Waals surface area contributed by atoms with Gasteiger partial charge in [0.15, 0.2) is 0 Å². The summed E-state index contributed by atoms with van der Waals surface area (Å²) >= 11 is 11.8. The predicted octanol–water partition coefficient (Wildman–Crippen LogP) is 5.79. The minimum Gasteiger partial charge on any atom is -0.279 e. The summed E-state index contributed by atoms with van der Waals surface area (Å²) in [4.78, 5) is 0.379. The highest BCUT2D eigenvalue weighted by molar-refractivity contribution is 7.92. The van der Waals surface area contributed by atoms with Gasteiger partial charge in [-0.2, -0.15) is 18.0 Å². The number of tetrazole rings is 1. The maximum absolute atomic E-state index is 14.0. The molecule has 0 atom stereocenters. The molecule has 0 bridgehead atoms. The van der Waals surface area contributed by atoms with Crippen LogP contribution in [0, 0.1) is 11.6 Å². The highest BCUT2D eigenvalue weighted by Gasteiger charge is 2.32. The number of anilines is 1. The van der Waals surface area contributed by atoms with Crippen LogP contribution in [0.15, 0.2) is 59.5 Å². The predicted molar refractivity (Wildman–Crippen MR) is 121 cm³/mol. The smallest absolute Gasteiger partial charge is 0.279 e. The van der Waals surface area contributed by atoms with Crippen molar-refractivity contribution >= 4 is 38.9 Å². The lowest BCUT2D eigenvalue weighted by atomic mass is 10.1. The first-order valence-corrected chi connectivity index (χ1v) is 12.0. The number of hydrogen-bond acceptors (Lipinski definition) is 5. The molecule has 4 aromatic rings. The number of nitrogens with one attached hydrogen (secondary N) is 1. The van der Waals surface area contributed by atoms with Gasteiger partial charge in [0.05, 0.1) is 33.4 Å². The largest absolute Gasteiger partial charge is 0.416 e. The van der Waals surface area contributed by atoms with Crippen molar-refractivity contribution in [1.29, 1.82) is 0 Å². The molecule has 0 saturated carbocycles. The number of halogens is 7. The number of nitrogens with zero attached hydrogens (tertiary/aromatic N) is 4. The summed E-state index contributed by atoms with van der Waals surface area (Å²) in [6, 6.07) is 9.21. The lowest BCUT2D eigenvalue weighted by Gasteiger charge is -2.16. The highest BCUT2D eigenvalue weighted by Crippen LogP contribution is 2.35. The molecule has 0 aliphatic heterocycles. The minimum atomic E-state index is -4.78. The summed E-state index contributed by atoms with van der Waals surface area (Å²) in [6.07, 6.45) is -4.78. The van der Waals surface area contributed by atoms with Crippen LogP contribution in [0.25, 0.3) is 11.4 Å². The van der Waals surface area contributed by atoms with E-state index >= 15 is 0 Å². The second kappa shape index (κ2) is 9.64. The number of sulfonamides is 1. The molecular formula is C21H12Cl2F5N5O2S. The van der Waals surface area contributed by atoms with Crippen molar-refractivity contribution < 1.29 is 30.4 Å². The van der Waals surface area contributed by atoms with Gasteiger partial charge >= 0.3 is 6.18 Å². The van der Waals surface area contributed by atoms with Crippen LogP contribution >= 0.6 is 23.2 Å². The Bertz CT molecular complexity index is 1540. The molecule has 4 rings (SSSR count). The molecule has 1 aromatic heterocycles. The molecule has 0 amide bonds. The second-order valence-corrected chi connectivity index (χ2v) is 9.70. The molecule has 7 nitrogen and oxygen atoms in total. The van der Waals surface area contributed by atoms with Gasteiger partial charge in [-0.25, -0.2) is 17.2 Å². The Morgan fingerprint density at radius 3 is 2.31 bits per heavy atom. The monoisotopic (exact) mass is 563 g/mol. The molecular weight excluding hydrogens is 552 g/mol. The van der Waals surface area contributed by atoms with Crippen molar-refractivity contribution in [3.63, 3.8) is 0 Å². The van der Waals surface area contributed by atoms with Gasteiger partial charge in [-0.1, -0.05) is 41.4 Å². The third-order valence-corrected chi connectivity index (χ3v) is 7.18. The zero-order chi connectivity index (χ0) is 26.3. The average Bonchev–Trinajstić information content (AvgIpc) is 3.23. The summed E-state index contributed by atoms with van der Waals surface area (Å²) in [5, 5.41) is 10.7. The highest BCUT2D eigenvalue weighted by atomic mass is 35.5. The standard InChI is InChI=1S/C21H12Cl2F5N5O2S/c22-13-3-1-6-17(19(13)23)36(34,35)31-16-9-12(21(26,27)28)8-7-11(16)10-33-30-20(29-32-33)18-14(24)4-2-5-15(18)25/h1-9,31H,10H2. The normalized spacial score (nSPS) is 12.1. The van der Waals surface area contributed by atoms with Gasteiger partial charge in [0.1, 0.15) is 16.5 Å². The lowest BCUT2D eigenvalue weighted by molar-refractivity contribution is -0.137. The van der Waals surface area contributed by atoms with Gasteiger partial charge < -0.3 is 0 Å². The van der Waals surface area contributed by atoms with Crippen LogP contribution in [0.5, 0.6) is 0 Å². The number of rotatable bonds is 6. The lowest BCUT2D eigenvalue weighted by Crippen LogP contribution is -2.17. The summed E-state index contributed by atoms with van der Waals surface area (Å²) < 4.78 is 96.0. The Morgan fingerprint density at radius 2 is 1.64 bits per heavy atom. The van der Waals surface area contributed by atoms with Gasteiger partial charge in [0, 0.05) is 0 Å². The zero-order valence-electron chi connectivity index (χ0n) is 17.6. The fourth-order valence-electron chi connectivity index (χ4n) is 3.15. The molecule has 0 aliphatic rings. The first kappa shape index (κ1) is 25.8. The molecule has 0 radical (unpaired) electrons. The Balaban J connectivity index is 1.73. The van der Waals surface area contributed by atoms with E-state index in [1.54, 1.807) is 0 Å². The van der Waals surface area contributed by atoms with E-state index in [2.05, 4.69) is 20.1 Å². The summed E-state index contributed by atoms with van der Waals surface area (Å²) in [7, 11) is -4.49. The van der Waals surface area contributed by atoms with Crippen molar-refractivity contribution in [2.75, 3.05) is 4.72 Å². The summed E-state index contributed by atoms with van der Waals surface area (Å²) in [6.45, 7) is -0.400. The first-order chi connectivity index (χ1) is 16.9. The fraction of sp³-hybridized carbons (Fsp3) is 0.0952. The second-order valence-electron chi connectivity index (χ2n) is 7.27. The van der Waals surface area contributed by atoms with Crippen molar-refractivity contribution in [1.82, 2.24) is 20.2 Å². The number of benzene rings is 3. The zero-order valence-corrected chi connectivity index (χ0v) is 19.9. The van der Waals surface area contributed by atoms with Crippen LogP contribution in [-0.2, 0) is 22.7 Å². The summed E-state index contributed by atoms with van der Waals surface area (Å²) in [5.41, 5.74) is -2.16. The van der Waals surface area contributed by atoms with Crippen LogP contribution < -0.4 is 4.72 Å². The SMILES string of the molecule is O=S(=O)(Nc1cc(C(F)(F)F)ccc1Cn1nnc(-c2c(F)cccc2F)n1)c1cccc(Cl)c1Cl. The third-order valence-electron chi connectivity index (χ3n) is 4.84. The van der Waals surface area contributed by atoms with Gasteiger partial charge in [-0.05, 0) is 47.2 Å². The van der Waals surface area contributed by atoms with Gasteiger partial charge in [-0.15, -0.1) is 10.2 Å². The molecule has 0 aliphatic carbocycles. The molecule has 15 heteroatoms. The Morgan fingerprint density at radius 1 is 0.972 bits per heavy atom. The minimum absolute atomic E-state index is 0.0114. The van der Waals surface area contributed by atoms with E-state index < -0.39 is 61.9 Å². The molecule has 1 N–H and O–H groups in total. The van der Waals surface area contributed by atoms with Crippen molar-refractivity contribution in [3.8, 4) is 11.4 Å². The number of aromatic nitrogens is 4. The molecule has 0 spiro atoms. The van der Waals surface area contributed by atoms with Crippen molar-refractivity contribution in [3.05, 3.63) is 87.4 Å². The van der Waals surface area contributed by atoms with E-state index in [1.165, 1.54) is 12.1 Å². The van der Waals surface area contributed by atoms with E-state index in [4.69, 9.17) is 23.2 Å². The van der Waals surface area contributed by atoms with Crippen LogP contribution in [0.2, 0.25) is 10.0 Å². The average molecular weight is 564 g/mol. The first-order valence-electron chi connectivity index (χ1n) is 9.76. The van der Waals surface area contributed by atoms with Gasteiger partial charge in [0.2, 0.25) is 5.82 Å². The van der Waals surface area contributed by atoms with E-state index in [-0.39, 0.29) is 15.6 Å². The van der Waals surface area contributed by atoms with Gasteiger partial charge in [0.25, 0.3) is 10.0 Å². The molecule has 0 fully saturated rings. The van der Waals surface area contributed by atoms with Crippen LogP contribution in [0.4, 0.5) is 27.6 Å². The maximum atomic E-state index is 14.0. The molecule has 0 unspecified atom stereocenters. The van der Waals surface area contributed by atoms with Crippen molar-refractivity contribution in [2.45, 2.75) is 17.6 Å². The molecule has 0 saturated heterocycles. The van der Waals surface area contributed by atoms with E-state index in [1.807, 2.05) is 0 Å². The van der Waals surface area contributed by atoms with Crippen molar-refractivity contribution in [2.24, 2.45) is 0 Å². The summed E-state index contributed by atoms with van der Waals surface area (Å²) in [5.74, 6) is -2.31. The Labute approximate surface area is 210 Å². The Kier molecular flexibility index (Phi) is 6.90. The number of alkyl halides is 3. The Hall–Kier alpha value is -3.29. The molecule has 188 valence electrons. The molecule has 36 heavy (non-hydrogen) atoms. The molecule has 1 heterocycles. The fourth-order valence-corrected chi connectivity index (χ4v) is 5.01. The topological polar surface area (TPSA) is 89.8 Å². The number of hydrogen-bond donors (Lipinski definition) is 1.